The SMILES string of the molecule is COCCOc1ccccc1C(=O)NC(=S)Nc1cccc(NC(=O)C(C)(C)C)c1. The van der Waals surface area contributed by atoms with Crippen LogP contribution in [0.1, 0.15) is 31.1 Å². The first-order chi connectivity index (χ1) is 14.2. The summed E-state index contributed by atoms with van der Waals surface area (Å²) in [6, 6.07) is 14.0. The van der Waals surface area contributed by atoms with E-state index >= 15 is 0 Å². The average molecular weight is 430 g/mol. The molecule has 8 heteroatoms. The Bertz CT molecular complexity index is 909. The molecule has 0 saturated carbocycles. The Hall–Kier alpha value is -2.97. The van der Waals surface area contributed by atoms with Gasteiger partial charge in [0.15, 0.2) is 5.11 Å². The smallest absolute Gasteiger partial charge is 0.261 e. The summed E-state index contributed by atoms with van der Waals surface area (Å²) in [5.41, 5.74) is 1.12. The number of hydrogen-bond acceptors (Lipinski definition) is 5. The van der Waals surface area contributed by atoms with Gasteiger partial charge in [-0.05, 0) is 42.5 Å². The van der Waals surface area contributed by atoms with E-state index < -0.39 is 11.3 Å². The summed E-state index contributed by atoms with van der Waals surface area (Å²) >= 11 is 5.26. The minimum absolute atomic E-state index is 0.0967. The second kappa shape index (κ2) is 10.7. The number of anilines is 2. The molecule has 0 atom stereocenters. The van der Waals surface area contributed by atoms with Crippen LogP contribution in [0.4, 0.5) is 11.4 Å². The van der Waals surface area contributed by atoms with Crippen molar-refractivity contribution in [2.75, 3.05) is 31.0 Å². The third kappa shape index (κ3) is 7.13. The minimum atomic E-state index is -0.509. The first-order valence-corrected chi connectivity index (χ1v) is 9.86. The lowest BCUT2D eigenvalue weighted by Crippen LogP contribution is -2.34. The maximum Gasteiger partial charge on any atom is 0.261 e. The molecular formula is C22H27N3O4S. The molecule has 0 spiro atoms. The quantitative estimate of drug-likeness (QED) is 0.458. The van der Waals surface area contributed by atoms with Crippen molar-refractivity contribution in [1.82, 2.24) is 5.32 Å². The van der Waals surface area contributed by atoms with Gasteiger partial charge in [0.1, 0.15) is 12.4 Å². The van der Waals surface area contributed by atoms with Crippen LogP contribution in [0.25, 0.3) is 0 Å². The van der Waals surface area contributed by atoms with Gasteiger partial charge in [0, 0.05) is 23.9 Å². The number of benzene rings is 2. The fraction of sp³-hybridized carbons (Fsp3) is 0.318. The molecule has 30 heavy (non-hydrogen) atoms. The predicted molar refractivity (Wildman–Crippen MR) is 122 cm³/mol. The van der Waals surface area contributed by atoms with Crippen molar-refractivity contribution in [3.8, 4) is 5.75 Å². The summed E-state index contributed by atoms with van der Waals surface area (Å²) in [4.78, 5) is 24.8. The fourth-order valence-electron chi connectivity index (χ4n) is 2.34. The molecule has 0 aliphatic heterocycles. The number of ether oxygens (including phenoxy) is 2. The van der Waals surface area contributed by atoms with Crippen LogP contribution in [-0.4, -0.2) is 37.3 Å². The van der Waals surface area contributed by atoms with Gasteiger partial charge in [-0.2, -0.15) is 0 Å². The molecule has 0 bridgehead atoms. The molecular weight excluding hydrogens is 402 g/mol. The largest absolute Gasteiger partial charge is 0.490 e. The maximum atomic E-state index is 12.6. The van der Waals surface area contributed by atoms with Crippen molar-refractivity contribution in [2.24, 2.45) is 5.41 Å². The number of rotatable bonds is 7. The molecule has 0 unspecified atom stereocenters. The van der Waals surface area contributed by atoms with E-state index in [1.807, 2.05) is 20.8 Å². The van der Waals surface area contributed by atoms with E-state index in [1.165, 1.54) is 0 Å². The van der Waals surface area contributed by atoms with Crippen LogP contribution in [0.2, 0.25) is 0 Å². The van der Waals surface area contributed by atoms with E-state index in [0.29, 0.717) is 35.9 Å². The van der Waals surface area contributed by atoms with Gasteiger partial charge < -0.3 is 20.1 Å². The summed E-state index contributed by atoms with van der Waals surface area (Å²) in [6.45, 7) is 6.26. The van der Waals surface area contributed by atoms with Crippen LogP contribution in [0.15, 0.2) is 48.5 Å². The van der Waals surface area contributed by atoms with E-state index in [1.54, 1.807) is 55.6 Å². The lowest BCUT2D eigenvalue weighted by Gasteiger charge is -2.18. The van der Waals surface area contributed by atoms with Crippen LogP contribution < -0.4 is 20.7 Å². The third-order valence-corrected chi connectivity index (χ3v) is 4.17. The van der Waals surface area contributed by atoms with Crippen molar-refractivity contribution in [3.05, 3.63) is 54.1 Å². The molecule has 0 aromatic heterocycles. The van der Waals surface area contributed by atoms with Gasteiger partial charge >= 0.3 is 0 Å². The number of carbonyl (C=O) groups excluding carboxylic acids is 2. The minimum Gasteiger partial charge on any atom is -0.490 e. The monoisotopic (exact) mass is 429 g/mol. The highest BCUT2D eigenvalue weighted by atomic mass is 32.1. The summed E-state index contributed by atoms with van der Waals surface area (Å²) in [7, 11) is 1.58. The zero-order valence-corrected chi connectivity index (χ0v) is 18.4. The Labute approximate surface area is 182 Å². The predicted octanol–water partition coefficient (Wildman–Crippen LogP) is 3.82. The lowest BCUT2D eigenvalue weighted by molar-refractivity contribution is -0.123. The van der Waals surface area contributed by atoms with Crippen LogP contribution in [-0.2, 0) is 9.53 Å². The second-order valence-corrected chi connectivity index (χ2v) is 7.94. The molecule has 2 aromatic carbocycles. The van der Waals surface area contributed by atoms with Crippen molar-refractivity contribution in [1.29, 1.82) is 0 Å². The highest BCUT2D eigenvalue weighted by Gasteiger charge is 2.21. The number of hydrogen-bond donors (Lipinski definition) is 3. The first-order valence-electron chi connectivity index (χ1n) is 9.45. The van der Waals surface area contributed by atoms with Crippen molar-refractivity contribution in [2.45, 2.75) is 20.8 Å². The van der Waals surface area contributed by atoms with Crippen molar-refractivity contribution in [3.63, 3.8) is 0 Å². The van der Waals surface area contributed by atoms with E-state index in [-0.39, 0.29) is 11.0 Å². The lowest BCUT2D eigenvalue weighted by atomic mass is 9.95. The maximum absolute atomic E-state index is 12.6. The number of carbonyl (C=O) groups is 2. The van der Waals surface area contributed by atoms with E-state index in [9.17, 15) is 9.59 Å². The van der Waals surface area contributed by atoms with Crippen molar-refractivity contribution >= 4 is 40.5 Å². The van der Waals surface area contributed by atoms with E-state index in [2.05, 4.69) is 16.0 Å². The standard InChI is InChI=1S/C22H27N3O4S/c1-22(2,3)20(27)23-15-8-7-9-16(14-15)24-21(30)25-19(26)17-10-5-6-11-18(17)29-13-12-28-4/h5-11,14H,12-13H2,1-4H3,(H,23,27)(H2,24,25,26,30). The molecule has 0 saturated heterocycles. The molecule has 0 aliphatic rings. The Morgan fingerprint density at radius 3 is 2.30 bits per heavy atom. The number of amides is 2. The van der Waals surface area contributed by atoms with Gasteiger partial charge in [-0.1, -0.05) is 39.0 Å². The third-order valence-electron chi connectivity index (χ3n) is 3.96. The van der Waals surface area contributed by atoms with E-state index in [4.69, 9.17) is 21.7 Å². The topological polar surface area (TPSA) is 88.7 Å². The highest BCUT2D eigenvalue weighted by molar-refractivity contribution is 7.80. The Kier molecular flexibility index (Phi) is 8.32. The number of para-hydroxylation sites is 1. The van der Waals surface area contributed by atoms with Crippen molar-refractivity contribution < 1.29 is 19.1 Å². The zero-order chi connectivity index (χ0) is 22.1. The van der Waals surface area contributed by atoms with Crippen LogP contribution >= 0.6 is 12.2 Å². The number of thiocarbonyl (C=S) groups is 1. The Morgan fingerprint density at radius 1 is 0.967 bits per heavy atom. The van der Waals surface area contributed by atoms with Gasteiger partial charge in [0.05, 0.1) is 12.2 Å². The number of methoxy groups -OCH3 is 1. The molecule has 0 heterocycles. The highest BCUT2D eigenvalue weighted by Crippen LogP contribution is 2.20. The molecule has 160 valence electrons. The normalized spacial score (nSPS) is 10.8. The van der Waals surface area contributed by atoms with E-state index in [0.717, 1.165) is 0 Å². The molecule has 7 nitrogen and oxygen atoms in total. The zero-order valence-electron chi connectivity index (χ0n) is 17.6. The molecule has 0 fully saturated rings. The Balaban J connectivity index is 2.00. The summed E-state index contributed by atoms with van der Waals surface area (Å²) in [5, 5.41) is 8.59. The van der Waals surface area contributed by atoms with Gasteiger partial charge in [-0.3, -0.25) is 14.9 Å². The van der Waals surface area contributed by atoms with Gasteiger partial charge in [0.25, 0.3) is 5.91 Å². The van der Waals surface area contributed by atoms with Gasteiger partial charge in [0.2, 0.25) is 5.91 Å². The fourth-order valence-corrected chi connectivity index (χ4v) is 2.55. The van der Waals surface area contributed by atoms with Gasteiger partial charge in [-0.25, -0.2) is 0 Å². The van der Waals surface area contributed by atoms with Crippen LogP contribution in [0.3, 0.4) is 0 Å². The Morgan fingerprint density at radius 2 is 1.63 bits per heavy atom. The molecule has 0 aliphatic carbocycles. The summed E-state index contributed by atoms with van der Waals surface area (Å²) in [5.74, 6) is -0.0416. The molecule has 2 rings (SSSR count). The van der Waals surface area contributed by atoms with Crippen LogP contribution in [0.5, 0.6) is 5.75 Å². The van der Waals surface area contributed by atoms with Crippen LogP contribution in [0, 0.1) is 5.41 Å². The molecule has 3 N–H and O–H groups in total. The first kappa shape index (κ1) is 23.3. The average Bonchev–Trinajstić information content (AvgIpc) is 2.68. The summed E-state index contributed by atoms with van der Waals surface area (Å²) in [6.07, 6.45) is 0. The molecule has 2 amide bonds. The molecule has 2 aromatic rings. The summed E-state index contributed by atoms with van der Waals surface area (Å²) < 4.78 is 10.6. The number of nitrogens with one attached hydrogen (secondary N) is 3. The molecule has 0 radical (unpaired) electrons. The van der Waals surface area contributed by atoms with Gasteiger partial charge in [-0.15, -0.1) is 0 Å². The second-order valence-electron chi connectivity index (χ2n) is 7.53.